The molecule has 2 aromatic carbocycles. The van der Waals surface area contributed by atoms with Crippen LogP contribution >= 0.6 is 11.3 Å². The minimum absolute atomic E-state index is 0.0859. The lowest BCUT2D eigenvalue weighted by atomic mass is 10.1. The minimum Gasteiger partial charge on any atom is -0.507 e. The van der Waals surface area contributed by atoms with Crippen LogP contribution in [0.25, 0.3) is 0 Å². The van der Waals surface area contributed by atoms with Crippen LogP contribution in [0, 0.1) is 0 Å². The summed E-state index contributed by atoms with van der Waals surface area (Å²) >= 11 is 1.05. The number of benzene rings is 2. The Morgan fingerprint density at radius 2 is 1.79 bits per heavy atom. The number of phenols is 1. The number of carbonyl (C=O) groups is 2. The lowest BCUT2D eigenvalue weighted by molar-refractivity contribution is 0.0472. The van der Waals surface area contributed by atoms with E-state index in [-0.39, 0.29) is 21.2 Å². The van der Waals surface area contributed by atoms with Crippen molar-refractivity contribution in [3.63, 3.8) is 0 Å². The van der Waals surface area contributed by atoms with Crippen molar-refractivity contribution in [1.82, 2.24) is 0 Å². The van der Waals surface area contributed by atoms with E-state index in [0.29, 0.717) is 5.56 Å². The number of sulfonamides is 1. The number of anilines is 1. The number of Topliss-reactive ketones (excluding diaryl/α,β-unsaturated/α-hetero) is 1. The Kier molecular flexibility index (Phi) is 5.76. The second kappa shape index (κ2) is 8.24. The first-order chi connectivity index (χ1) is 13.4. The molecule has 0 unspecified atom stereocenters. The van der Waals surface area contributed by atoms with E-state index in [1.165, 1.54) is 18.2 Å². The molecule has 1 aromatic heterocycles. The molecule has 0 saturated carbocycles. The van der Waals surface area contributed by atoms with Crippen molar-refractivity contribution in [2.45, 2.75) is 4.21 Å². The van der Waals surface area contributed by atoms with Crippen LogP contribution < -0.4 is 4.72 Å². The molecule has 0 fully saturated rings. The SMILES string of the molecule is O=C(COC(=O)c1ccc(NS(=O)(=O)c2cccs2)cc1O)c1ccccc1. The van der Waals surface area contributed by atoms with Gasteiger partial charge in [0.1, 0.15) is 15.5 Å². The number of nitrogens with one attached hydrogen (secondary N) is 1. The number of rotatable bonds is 7. The molecule has 1 heterocycles. The maximum Gasteiger partial charge on any atom is 0.342 e. The zero-order valence-corrected chi connectivity index (χ0v) is 16.0. The van der Waals surface area contributed by atoms with Crippen molar-refractivity contribution in [2.75, 3.05) is 11.3 Å². The van der Waals surface area contributed by atoms with E-state index in [2.05, 4.69) is 4.72 Å². The summed E-state index contributed by atoms with van der Waals surface area (Å²) in [4.78, 5) is 24.1. The van der Waals surface area contributed by atoms with Crippen LogP contribution in [-0.4, -0.2) is 31.9 Å². The van der Waals surface area contributed by atoms with E-state index in [4.69, 9.17) is 4.74 Å². The maximum atomic E-state index is 12.2. The number of ketones is 1. The maximum absolute atomic E-state index is 12.2. The Morgan fingerprint density at radius 1 is 1.04 bits per heavy atom. The van der Waals surface area contributed by atoms with Crippen LogP contribution in [0.1, 0.15) is 20.7 Å². The van der Waals surface area contributed by atoms with Crippen molar-refractivity contribution in [3.8, 4) is 5.75 Å². The number of aromatic hydroxyl groups is 1. The van der Waals surface area contributed by atoms with E-state index in [0.717, 1.165) is 17.4 Å². The van der Waals surface area contributed by atoms with E-state index in [9.17, 15) is 23.1 Å². The van der Waals surface area contributed by atoms with Gasteiger partial charge in [0.2, 0.25) is 0 Å². The number of ether oxygens (including phenoxy) is 1. The molecular weight excluding hydrogens is 402 g/mol. The van der Waals surface area contributed by atoms with Gasteiger partial charge in [-0.05, 0) is 23.6 Å². The highest BCUT2D eigenvalue weighted by atomic mass is 32.2. The third kappa shape index (κ3) is 4.56. The average Bonchev–Trinajstić information content (AvgIpc) is 3.22. The van der Waals surface area contributed by atoms with Gasteiger partial charge in [-0.2, -0.15) is 0 Å². The number of carbonyl (C=O) groups excluding carboxylic acids is 2. The lowest BCUT2D eigenvalue weighted by Gasteiger charge is -2.09. The topological polar surface area (TPSA) is 110 Å². The Bertz CT molecular complexity index is 1090. The molecular formula is C19H15NO6S2. The molecule has 0 aliphatic carbocycles. The van der Waals surface area contributed by atoms with Gasteiger partial charge in [0.15, 0.2) is 12.4 Å². The van der Waals surface area contributed by atoms with Gasteiger partial charge >= 0.3 is 5.97 Å². The molecule has 144 valence electrons. The third-order valence-electron chi connectivity index (χ3n) is 3.66. The second-order valence-electron chi connectivity index (χ2n) is 5.63. The molecule has 0 atom stereocenters. The lowest BCUT2D eigenvalue weighted by Crippen LogP contribution is -2.15. The predicted octanol–water partition coefficient (Wildman–Crippen LogP) is 3.29. The molecule has 0 radical (unpaired) electrons. The normalized spacial score (nSPS) is 11.0. The van der Waals surface area contributed by atoms with Crippen molar-refractivity contribution < 1.29 is 27.9 Å². The Labute approximate surface area is 165 Å². The highest BCUT2D eigenvalue weighted by Crippen LogP contribution is 2.26. The number of thiophene rings is 1. The van der Waals surface area contributed by atoms with Gasteiger partial charge in [-0.1, -0.05) is 36.4 Å². The van der Waals surface area contributed by atoms with Crippen LogP contribution in [0.4, 0.5) is 5.69 Å². The number of hydrogen-bond donors (Lipinski definition) is 2. The molecule has 3 rings (SSSR count). The first-order valence-corrected chi connectivity index (χ1v) is 10.4. The molecule has 0 spiro atoms. The molecule has 3 aromatic rings. The van der Waals surface area contributed by atoms with Gasteiger partial charge in [0.05, 0.1) is 5.69 Å². The van der Waals surface area contributed by atoms with Gasteiger partial charge in [-0.25, -0.2) is 13.2 Å². The van der Waals surface area contributed by atoms with Gasteiger partial charge in [-0.3, -0.25) is 9.52 Å². The summed E-state index contributed by atoms with van der Waals surface area (Å²) < 4.78 is 31.8. The summed E-state index contributed by atoms with van der Waals surface area (Å²) in [7, 11) is -3.78. The fourth-order valence-corrected chi connectivity index (χ4v) is 4.35. The number of phenolic OH excluding ortho intramolecular Hbond substituents is 1. The van der Waals surface area contributed by atoms with Gasteiger partial charge in [0.25, 0.3) is 10.0 Å². The van der Waals surface area contributed by atoms with Crippen LogP contribution in [0.2, 0.25) is 0 Å². The van der Waals surface area contributed by atoms with Gasteiger partial charge in [-0.15, -0.1) is 11.3 Å². The second-order valence-corrected chi connectivity index (χ2v) is 8.49. The summed E-state index contributed by atoms with van der Waals surface area (Å²) in [5.74, 6) is -1.74. The molecule has 0 amide bonds. The van der Waals surface area contributed by atoms with Crippen molar-refractivity contribution in [1.29, 1.82) is 0 Å². The molecule has 0 aliphatic heterocycles. The van der Waals surface area contributed by atoms with E-state index < -0.39 is 28.3 Å². The summed E-state index contributed by atoms with van der Waals surface area (Å²) in [5.41, 5.74) is 0.306. The number of esters is 1. The van der Waals surface area contributed by atoms with Gasteiger partial charge in [0, 0.05) is 11.6 Å². The monoisotopic (exact) mass is 417 g/mol. The van der Waals surface area contributed by atoms with Crippen LogP contribution in [-0.2, 0) is 14.8 Å². The van der Waals surface area contributed by atoms with Crippen molar-refractivity contribution in [3.05, 3.63) is 77.2 Å². The van der Waals surface area contributed by atoms with E-state index in [1.54, 1.807) is 41.8 Å². The molecule has 2 N–H and O–H groups in total. The Hall–Kier alpha value is -3.17. The number of hydrogen-bond acceptors (Lipinski definition) is 7. The smallest absolute Gasteiger partial charge is 0.342 e. The molecule has 0 bridgehead atoms. The Balaban J connectivity index is 1.67. The third-order valence-corrected chi connectivity index (χ3v) is 6.44. The van der Waals surface area contributed by atoms with E-state index in [1.807, 2.05) is 0 Å². The largest absolute Gasteiger partial charge is 0.507 e. The summed E-state index contributed by atoms with van der Waals surface area (Å²) in [6.07, 6.45) is 0. The highest BCUT2D eigenvalue weighted by molar-refractivity contribution is 7.94. The molecule has 9 heteroatoms. The van der Waals surface area contributed by atoms with Crippen molar-refractivity contribution in [2.24, 2.45) is 0 Å². The quantitative estimate of drug-likeness (QED) is 0.451. The van der Waals surface area contributed by atoms with Crippen LogP contribution in [0.5, 0.6) is 5.75 Å². The Morgan fingerprint density at radius 3 is 2.43 bits per heavy atom. The molecule has 7 nitrogen and oxygen atoms in total. The first kappa shape index (κ1) is 19.6. The van der Waals surface area contributed by atoms with Crippen LogP contribution in [0.3, 0.4) is 0 Å². The van der Waals surface area contributed by atoms with Crippen LogP contribution in [0.15, 0.2) is 70.3 Å². The summed E-state index contributed by atoms with van der Waals surface area (Å²) in [5, 5.41) is 11.7. The fourth-order valence-electron chi connectivity index (χ4n) is 2.31. The fraction of sp³-hybridized carbons (Fsp3) is 0.0526. The summed E-state index contributed by atoms with van der Waals surface area (Å²) in [6, 6.07) is 15.0. The average molecular weight is 417 g/mol. The van der Waals surface area contributed by atoms with Crippen molar-refractivity contribution >= 4 is 38.8 Å². The molecule has 28 heavy (non-hydrogen) atoms. The van der Waals surface area contributed by atoms with E-state index >= 15 is 0 Å². The zero-order chi connectivity index (χ0) is 20.1. The standard InChI is InChI=1S/C19H15NO6S2/c21-16-11-14(20-28(24,25)18-7-4-10-27-18)8-9-15(16)19(23)26-12-17(22)13-5-2-1-3-6-13/h1-11,20-21H,12H2. The highest BCUT2D eigenvalue weighted by Gasteiger charge is 2.19. The molecule has 0 aliphatic rings. The minimum atomic E-state index is -3.78. The summed E-state index contributed by atoms with van der Waals surface area (Å²) in [6.45, 7) is -0.477. The zero-order valence-electron chi connectivity index (χ0n) is 14.4. The molecule has 0 saturated heterocycles. The first-order valence-electron chi connectivity index (χ1n) is 8.01. The predicted molar refractivity (Wildman–Crippen MR) is 104 cm³/mol. The van der Waals surface area contributed by atoms with Gasteiger partial charge < -0.3 is 9.84 Å².